The minimum atomic E-state index is -0.0373. The average Bonchev–Trinajstić information content (AvgIpc) is 3.45. The molecule has 0 radical (unpaired) electrons. The summed E-state index contributed by atoms with van der Waals surface area (Å²) in [7, 11) is 1.67. The lowest BCUT2D eigenvalue weighted by atomic mass is 9.97. The molecule has 3 heterocycles. The minimum absolute atomic E-state index is 0.0373. The second-order valence-corrected chi connectivity index (χ2v) is 7.34. The van der Waals surface area contributed by atoms with Crippen molar-refractivity contribution < 1.29 is 14.2 Å². The van der Waals surface area contributed by atoms with Crippen molar-refractivity contribution in [3.8, 4) is 28.1 Å². The van der Waals surface area contributed by atoms with Gasteiger partial charge in [0.05, 0.1) is 18.9 Å². The quantitative estimate of drug-likeness (QED) is 0.502. The van der Waals surface area contributed by atoms with Crippen LogP contribution in [0.5, 0.6) is 5.75 Å². The number of pyridine rings is 1. The van der Waals surface area contributed by atoms with Gasteiger partial charge in [-0.3, -0.25) is 5.10 Å². The summed E-state index contributed by atoms with van der Waals surface area (Å²) in [5, 5.41) is 8.46. The Morgan fingerprint density at radius 2 is 1.97 bits per heavy atom. The number of hydrogen-bond donors (Lipinski definition) is 1. The smallest absolute Gasteiger partial charge is 0.181 e. The third-order valence-corrected chi connectivity index (χ3v) is 5.60. The van der Waals surface area contributed by atoms with E-state index >= 15 is 0 Å². The molecule has 1 fully saturated rings. The van der Waals surface area contributed by atoms with Gasteiger partial charge in [-0.15, -0.1) is 0 Å². The maximum Gasteiger partial charge on any atom is 0.181 e. The first kappa shape index (κ1) is 18.8. The molecule has 2 aromatic carbocycles. The summed E-state index contributed by atoms with van der Waals surface area (Å²) in [5.74, 6) is 0.791. The summed E-state index contributed by atoms with van der Waals surface area (Å²) in [5.41, 5.74) is 5.75. The van der Waals surface area contributed by atoms with Gasteiger partial charge in [0.15, 0.2) is 5.65 Å². The van der Waals surface area contributed by atoms with Crippen LogP contribution in [0.3, 0.4) is 0 Å². The number of aromatic nitrogens is 3. The molecule has 0 unspecified atom stereocenters. The van der Waals surface area contributed by atoms with Crippen LogP contribution in [0.25, 0.3) is 33.4 Å². The monoisotopic (exact) mass is 401 g/mol. The first-order valence-corrected chi connectivity index (χ1v) is 10.1. The Balaban J connectivity index is 1.57. The van der Waals surface area contributed by atoms with Crippen molar-refractivity contribution in [1.29, 1.82) is 0 Å². The van der Waals surface area contributed by atoms with Crippen molar-refractivity contribution in [1.82, 2.24) is 15.2 Å². The van der Waals surface area contributed by atoms with E-state index in [1.807, 2.05) is 30.5 Å². The molecule has 6 nitrogen and oxygen atoms in total. The molecule has 5 rings (SSSR count). The number of H-pyrrole nitrogens is 1. The molecule has 1 N–H and O–H groups in total. The molecule has 0 saturated carbocycles. The number of ether oxygens (including phenoxy) is 3. The number of para-hydroxylation sites is 1. The number of hydrogen-bond acceptors (Lipinski definition) is 5. The summed E-state index contributed by atoms with van der Waals surface area (Å²) in [6.45, 7) is 2.46. The molecule has 4 aromatic rings. The highest BCUT2D eigenvalue weighted by molar-refractivity contribution is 5.94. The lowest BCUT2D eigenvalue weighted by Gasteiger charge is -2.16. The zero-order valence-electron chi connectivity index (χ0n) is 17.0. The van der Waals surface area contributed by atoms with Crippen LogP contribution in [0.15, 0.2) is 60.8 Å². The van der Waals surface area contributed by atoms with Gasteiger partial charge in [0, 0.05) is 22.7 Å². The Labute approximate surface area is 174 Å². The fourth-order valence-electron chi connectivity index (χ4n) is 4.05. The first-order chi connectivity index (χ1) is 14.8. The van der Waals surface area contributed by atoms with Gasteiger partial charge >= 0.3 is 0 Å². The van der Waals surface area contributed by atoms with Crippen LogP contribution in [0.4, 0.5) is 0 Å². The second-order valence-electron chi connectivity index (χ2n) is 7.34. The lowest BCUT2D eigenvalue weighted by molar-refractivity contribution is 0.0380. The topological polar surface area (TPSA) is 69.3 Å². The van der Waals surface area contributed by atoms with Crippen molar-refractivity contribution in [2.75, 3.05) is 13.9 Å². The van der Waals surface area contributed by atoms with Crippen LogP contribution in [-0.2, 0) is 9.47 Å². The summed E-state index contributed by atoms with van der Waals surface area (Å²) < 4.78 is 17.0. The minimum Gasteiger partial charge on any atom is -0.496 e. The normalized spacial score (nSPS) is 18.7. The van der Waals surface area contributed by atoms with E-state index in [-0.39, 0.29) is 12.2 Å². The van der Waals surface area contributed by atoms with E-state index in [2.05, 4.69) is 52.4 Å². The number of fused-ring (bicyclic) bond motifs is 1. The van der Waals surface area contributed by atoms with Crippen LogP contribution in [0.1, 0.15) is 25.0 Å². The largest absolute Gasteiger partial charge is 0.496 e. The Hall–Kier alpha value is -3.22. The van der Waals surface area contributed by atoms with Gasteiger partial charge in [0.1, 0.15) is 18.6 Å². The van der Waals surface area contributed by atoms with E-state index in [4.69, 9.17) is 14.2 Å². The van der Waals surface area contributed by atoms with E-state index < -0.39 is 0 Å². The molecule has 6 heteroatoms. The Kier molecular flexibility index (Phi) is 4.94. The summed E-state index contributed by atoms with van der Waals surface area (Å²) >= 11 is 0. The first-order valence-electron chi connectivity index (χ1n) is 10.1. The Morgan fingerprint density at radius 1 is 1.07 bits per heavy atom. The van der Waals surface area contributed by atoms with Gasteiger partial charge in [-0.1, -0.05) is 37.3 Å². The van der Waals surface area contributed by atoms with Gasteiger partial charge < -0.3 is 14.2 Å². The molecule has 152 valence electrons. The predicted molar refractivity (Wildman–Crippen MR) is 115 cm³/mol. The third kappa shape index (κ3) is 3.24. The second kappa shape index (κ2) is 7.89. The molecule has 2 atom stereocenters. The molecule has 1 aliphatic heterocycles. The van der Waals surface area contributed by atoms with Crippen LogP contribution in [0, 0.1) is 0 Å². The molecule has 0 spiro atoms. The summed E-state index contributed by atoms with van der Waals surface area (Å²) in [6, 6.07) is 18.4. The predicted octanol–water partition coefficient (Wildman–Crippen LogP) is 5.12. The molecule has 1 aliphatic rings. The molecule has 1 saturated heterocycles. The third-order valence-electron chi connectivity index (χ3n) is 5.60. The number of nitrogens with one attached hydrogen (secondary N) is 1. The molecule has 0 aliphatic carbocycles. The van der Waals surface area contributed by atoms with E-state index in [0.717, 1.165) is 45.5 Å². The van der Waals surface area contributed by atoms with E-state index in [0.29, 0.717) is 12.4 Å². The Morgan fingerprint density at radius 3 is 2.83 bits per heavy atom. The van der Waals surface area contributed by atoms with E-state index in [9.17, 15) is 0 Å². The molecule has 2 aromatic heterocycles. The Bertz CT molecular complexity index is 1190. The SMILES string of the molecule is CC[C@@H]1OCO[C@H]1c1cccc(-c2cnc3n[nH]c(-c4ccccc4OC)c3c2)c1. The van der Waals surface area contributed by atoms with Crippen molar-refractivity contribution in [3.63, 3.8) is 0 Å². The molecular formula is C24H23N3O3. The number of methoxy groups -OCH3 is 1. The van der Waals surface area contributed by atoms with Gasteiger partial charge in [-0.25, -0.2) is 4.98 Å². The molecule has 30 heavy (non-hydrogen) atoms. The van der Waals surface area contributed by atoms with Gasteiger partial charge in [0.2, 0.25) is 0 Å². The molecule has 0 bridgehead atoms. The highest BCUT2D eigenvalue weighted by Crippen LogP contribution is 2.36. The summed E-state index contributed by atoms with van der Waals surface area (Å²) in [4.78, 5) is 4.58. The zero-order chi connectivity index (χ0) is 20.5. The molecular weight excluding hydrogens is 378 g/mol. The van der Waals surface area contributed by atoms with Crippen LogP contribution >= 0.6 is 0 Å². The fraction of sp³-hybridized carbons (Fsp3) is 0.250. The van der Waals surface area contributed by atoms with Crippen LogP contribution < -0.4 is 4.74 Å². The van der Waals surface area contributed by atoms with Crippen LogP contribution in [0.2, 0.25) is 0 Å². The van der Waals surface area contributed by atoms with Gasteiger partial charge in [0.25, 0.3) is 0 Å². The number of nitrogens with zero attached hydrogens (tertiary/aromatic N) is 2. The van der Waals surface area contributed by atoms with Gasteiger partial charge in [-0.05, 0) is 41.8 Å². The van der Waals surface area contributed by atoms with Crippen molar-refractivity contribution >= 4 is 11.0 Å². The highest BCUT2D eigenvalue weighted by atomic mass is 16.7. The van der Waals surface area contributed by atoms with Crippen molar-refractivity contribution in [2.24, 2.45) is 0 Å². The average molecular weight is 401 g/mol. The summed E-state index contributed by atoms with van der Waals surface area (Å²) in [6.07, 6.45) is 2.83. The van der Waals surface area contributed by atoms with Crippen molar-refractivity contribution in [3.05, 3.63) is 66.4 Å². The zero-order valence-corrected chi connectivity index (χ0v) is 17.0. The van der Waals surface area contributed by atoms with Gasteiger partial charge in [-0.2, -0.15) is 5.10 Å². The standard InChI is InChI=1S/C24H23N3O3/c1-3-20-23(30-14-29-20)16-8-6-7-15(11-16)17-12-19-22(26-27-24(19)25-13-17)18-9-4-5-10-21(18)28-2/h4-13,20,23H,3,14H2,1-2H3,(H,25,26,27)/t20-,23-/m0/s1. The lowest BCUT2D eigenvalue weighted by Crippen LogP contribution is -2.13. The highest BCUT2D eigenvalue weighted by Gasteiger charge is 2.29. The maximum absolute atomic E-state index is 5.83. The van der Waals surface area contributed by atoms with Crippen LogP contribution in [-0.4, -0.2) is 35.2 Å². The van der Waals surface area contributed by atoms with Crippen molar-refractivity contribution in [2.45, 2.75) is 25.6 Å². The number of aromatic amines is 1. The van der Waals surface area contributed by atoms with E-state index in [1.54, 1.807) is 7.11 Å². The number of benzene rings is 2. The molecule has 0 amide bonds. The maximum atomic E-state index is 5.83. The van der Waals surface area contributed by atoms with E-state index in [1.165, 1.54) is 0 Å². The fourth-order valence-corrected chi connectivity index (χ4v) is 4.05. The number of rotatable bonds is 5.